The summed E-state index contributed by atoms with van der Waals surface area (Å²) in [7, 11) is 0. The van der Waals surface area contributed by atoms with Crippen LogP contribution in [0.2, 0.25) is 0 Å². The van der Waals surface area contributed by atoms with Crippen LogP contribution in [0.5, 0.6) is 0 Å². The maximum absolute atomic E-state index is 5.56. The average Bonchev–Trinajstić information content (AvgIpc) is 2.19. The van der Waals surface area contributed by atoms with Crippen LogP contribution in [-0.4, -0.2) is 6.54 Å². The molecule has 0 bridgehead atoms. The molecule has 0 aliphatic carbocycles. The molecule has 1 atom stereocenters. The minimum atomic E-state index is 0.666. The Hall–Kier alpha value is -0.820. The van der Waals surface area contributed by atoms with E-state index in [0.29, 0.717) is 11.8 Å². The fraction of sp³-hybridized carbons (Fsp3) is 0.538. The lowest BCUT2D eigenvalue weighted by Crippen LogP contribution is -2.09. The van der Waals surface area contributed by atoms with Crippen LogP contribution in [0.15, 0.2) is 30.3 Å². The normalized spacial score (nSPS) is 13.1. The fourth-order valence-corrected chi connectivity index (χ4v) is 1.92. The molecule has 0 heterocycles. The van der Waals surface area contributed by atoms with Crippen molar-refractivity contribution in [3.8, 4) is 0 Å². The van der Waals surface area contributed by atoms with Crippen LogP contribution in [0.4, 0.5) is 0 Å². The van der Waals surface area contributed by atoms with Gasteiger partial charge in [0.1, 0.15) is 0 Å². The summed E-state index contributed by atoms with van der Waals surface area (Å²) in [4.78, 5) is 0. The molecule has 2 N–H and O–H groups in total. The van der Waals surface area contributed by atoms with E-state index in [1.807, 2.05) is 0 Å². The second-order valence-electron chi connectivity index (χ2n) is 4.19. The lowest BCUT2D eigenvalue weighted by molar-refractivity contribution is 0.458. The number of hydrogen-bond acceptors (Lipinski definition) is 1. The van der Waals surface area contributed by atoms with Gasteiger partial charge in [-0.3, -0.25) is 0 Å². The number of benzene rings is 1. The molecule has 1 nitrogen and oxygen atoms in total. The third-order valence-corrected chi connectivity index (χ3v) is 2.75. The van der Waals surface area contributed by atoms with Gasteiger partial charge in [-0.2, -0.15) is 0 Å². The molecule has 1 heteroatoms. The van der Waals surface area contributed by atoms with E-state index in [1.165, 1.54) is 12.0 Å². The van der Waals surface area contributed by atoms with E-state index in [-0.39, 0.29) is 0 Å². The van der Waals surface area contributed by atoms with Gasteiger partial charge in [0.25, 0.3) is 0 Å². The van der Waals surface area contributed by atoms with Crippen molar-refractivity contribution in [2.45, 2.75) is 32.6 Å². The van der Waals surface area contributed by atoms with Crippen LogP contribution in [0.25, 0.3) is 0 Å². The van der Waals surface area contributed by atoms with Crippen molar-refractivity contribution in [1.82, 2.24) is 0 Å². The van der Waals surface area contributed by atoms with Crippen molar-refractivity contribution in [3.05, 3.63) is 35.9 Å². The third kappa shape index (κ3) is 3.15. The van der Waals surface area contributed by atoms with Crippen molar-refractivity contribution < 1.29 is 0 Å². The van der Waals surface area contributed by atoms with Gasteiger partial charge < -0.3 is 5.73 Å². The fourth-order valence-electron chi connectivity index (χ4n) is 1.92. The summed E-state index contributed by atoms with van der Waals surface area (Å²) >= 11 is 0. The molecule has 1 unspecified atom stereocenters. The van der Waals surface area contributed by atoms with E-state index in [1.54, 1.807) is 0 Å². The minimum absolute atomic E-state index is 0.666. The molecule has 0 fully saturated rings. The maximum atomic E-state index is 5.56. The van der Waals surface area contributed by atoms with Gasteiger partial charge >= 0.3 is 0 Å². The molecule has 0 saturated heterocycles. The van der Waals surface area contributed by atoms with Gasteiger partial charge in [0.15, 0.2) is 0 Å². The summed E-state index contributed by atoms with van der Waals surface area (Å²) in [6.45, 7) is 5.37. The molecular weight excluding hydrogens is 170 g/mol. The zero-order chi connectivity index (χ0) is 10.4. The second-order valence-corrected chi connectivity index (χ2v) is 4.19. The molecule has 0 spiro atoms. The van der Waals surface area contributed by atoms with E-state index in [2.05, 4.69) is 44.2 Å². The van der Waals surface area contributed by atoms with E-state index in [4.69, 9.17) is 5.73 Å². The van der Waals surface area contributed by atoms with Gasteiger partial charge in [-0.15, -0.1) is 0 Å². The van der Waals surface area contributed by atoms with Crippen molar-refractivity contribution in [2.75, 3.05) is 6.54 Å². The van der Waals surface area contributed by atoms with Crippen molar-refractivity contribution in [2.24, 2.45) is 11.7 Å². The molecule has 0 amide bonds. The van der Waals surface area contributed by atoms with E-state index >= 15 is 0 Å². The first-order valence-electron chi connectivity index (χ1n) is 5.50. The van der Waals surface area contributed by atoms with Gasteiger partial charge in [0.05, 0.1) is 0 Å². The van der Waals surface area contributed by atoms with Crippen molar-refractivity contribution >= 4 is 0 Å². The Bertz CT molecular complexity index is 241. The largest absolute Gasteiger partial charge is 0.330 e. The zero-order valence-electron chi connectivity index (χ0n) is 9.24. The number of rotatable bonds is 5. The Morgan fingerprint density at radius 2 is 1.79 bits per heavy atom. The Morgan fingerprint density at radius 3 is 2.29 bits per heavy atom. The molecule has 1 aromatic rings. The van der Waals surface area contributed by atoms with Crippen LogP contribution in [-0.2, 0) is 0 Å². The lowest BCUT2D eigenvalue weighted by Gasteiger charge is -2.20. The van der Waals surface area contributed by atoms with Crippen molar-refractivity contribution in [1.29, 1.82) is 0 Å². The molecule has 14 heavy (non-hydrogen) atoms. The Morgan fingerprint density at radius 1 is 1.14 bits per heavy atom. The predicted octanol–water partition coefficient (Wildman–Crippen LogP) is 3.17. The highest BCUT2D eigenvalue weighted by Gasteiger charge is 2.14. The topological polar surface area (TPSA) is 26.0 Å². The summed E-state index contributed by atoms with van der Waals surface area (Å²) in [5.74, 6) is 1.36. The van der Waals surface area contributed by atoms with Crippen LogP contribution in [0.1, 0.15) is 38.2 Å². The molecule has 1 rings (SSSR count). The first-order chi connectivity index (χ1) is 6.75. The zero-order valence-corrected chi connectivity index (χ0v) is 9.24. The van der Waals surface area contributed by atoms with Crippen LogP contribution < -0.4 is 5.73 Å². The van der Waals surface area contributed by atoms with Gasteiger partial charge in [0, 0.05) is 0 Å². The number of nitrogens with two attached hydrogens (primary N) is 1. The van der Waals surface area contributed by atoms with E-state index in [0.717, 1.165) is 13.0 Å². The van der Waals surface area contributed by atoms with Crippen molar-refractivity contribution in [3.63, 3.8) is 0 Å². The predicted molar refractivity (Wildman–Crippen MR) is 62.3 cm³/mol. The van der Waals surface area contributed by atoms with Crippen LogP contribution in [0, 0.1) is 5.92 Å². The minimum Gasteiger partial charge on any atom is -0.330 e. The summed E-state index contributed by atoms with van der Waals surface area (Å²) in [5.41, 5.74) is 7.01. The molecule has 0 aliphatic heterocycles. The molecule has 0 aromatic heterocycles. The maximum Gasteiger partial charge on any atom is -0.00771 e. The molecule has 0 aliphatic rings. The smallest absolute Gasteiger partial charge is 0.00771 e. The molecule has 0 radical (unpaired) electrons. The van der Waals surface area contributed by atoms with E-state index < -0.39 is 0 Å². The van der Waals surface area contributed by atoms with Gasteiger partial charge in [-0.05, 0) is 36.8 Å². The van der Waals surface area contributed by atoms with Crippen LogP contribution >= 0.6 is 0 Å². The highest BCUT2D eigenvalue weighted by atomic mass is 14.5. The third-order valence-electron chi connectivity index (χ3n) is 2.75. The summed E-state index contributed by atoms with van der Waals surface area (Å²) in [5, 5.41) is 0. The highest BCUT2D eigenvalue weighted by Crippen LogP contribution is 2.28. The first-order valence-corrected chi connectivity index (χ1v) is 5.50. The lowest BCUT2D eigenvalue weighted by atomic mass is 9.85. The molecule has 0 saturated carbocycles. The Labute approximate surface area is 87.3 Å². The molecular formula is C13H21N. The van der Waals surface area contributed by atoms with E-state index in [9.17, 15) is 0 Å². The van der Waals surface area contributed by atoms with Gasteiger partial charge in [-0.1, -0.05) is 44.2 Å². The standard InChI is InChI=1S/C13H21N/c1-11(2)13(9-6-10-14)12-7-4-3-5-8-12/h3-5,7-8,11,13H,6,9-10,14H2,1-2H3. The first kappa shape index (κ1) is 11.3. The summed E-state index contributed by atoms with van der Waals surface area (Å²) in [6.07, 6.45) is 2.33. The number of hydrogen-bond donors (Lipinski definition) is 1. The quantitative estimate of drug-likeness (QED) is 0.760. The van der Waals surface area contributed by atoms with Gasteiger partial charge in [-0.25, -0.2) is 0 Å². The van der Waals surface area contributed by atoms with Crippen LogP contribution in [0.3, 0.4) is 0 Å². The molecule has 78 valence electrons. The summed E-state index contributed by atoms with van der Waals surface area (Å²) in [6, 6.07) is 10.8. The Kier molecular flexibility index (Phi) is 4.68. The summed E-state index contributed by atoms with van der Waals surface area (Å²) < 4.78 is 0. The molecule has 1 aromatic carbocycles. The SMILES string of the molecule is CC(C)C(CCCN)c1ccccc1. The monoisotopic (exact) mass is 191 g/mol. The Balaban J connectivity index is 2.68. The van der Waals surface area contributed by atoms with Gasteiger partial charge in [0.2, 0.25) is 0 Å². The average molecular weight is 191 g/mol. The highest BCUT2D eigenvalue weighted by molar-refractivity contribution is 5.19. The second kappa shape index (κ2) is 5.82.